The highest BCUT2D eigenvalue weighted by atomic mass is 16.5. The second kappa shape index (κ2) is 13.6. The van der Waals surface area contributed by atoms with E-state index in [0.717, 1.165) is 5.56 Å². The van der Waals surface area contributed by atoms with Crippen LogP contribution in [0.5, 0.6) is 23.0 Å². The van der Waals surface area contributed by atoms with Crippen molar-refractivity contribution in [1.29, 1.82) is 0 Å². The van der Waals surface area contributed by atoms with Crippen molar-refractivity contribution >= 4 is 17.5 Å². The Morgan fingerprint density at radius 2 is 1.31 bits per heavy atom. The molecule has 2 N–H and O–H groups in total. The molecule has 39 heavy (non-hydrogen) atoms. The second-order valence-electron chi connectivity index (χ2n) is 8.56. The average Bonchev–Trinajstić information content (AvgIpc) is 2.98. The summed E-state index contributed by atoms with van der Waals surface area (Å²) in [5.74, 6) is 1.35. The predicted octanol–water partition coefficient (Wildman–Crippen LogP) is 5.45. The van der Waals surface area contributed by atoms with E-state index in [1.165, 1.54) is 14.2 Å². The number of benzene rings is 4. The summed E-state index contributed by atoms with van der Waals surface area (Å²) in [4.78, 5) is 26.4. The normalized spacial score (nSPS) is 11.2. The van der Waals surface area contributed by atoms with Crippen LogP contribution in [-0.4, -0.2) is 38.7 Å². The third kappa shape index (κ3) is 8.08. The van der Waals surface area contributed by atoms with Gasteiger partial charge in [0, 0.05) is 17.3 Å². The van der Waals surface area contributed by atoms with Crippen LogP contribution in [0, 0.1) is 0 Å². The Hall–Kier alpha value is -4.82. The molecule has 1 atom stereocenters. The van der Waals surface area contributed by atoms with Crippen LogP contribution in [-0.2, 0) is 16.1 Å². The number of hydrogen-bond donors (Lipinski definition) is 2. The van der Waals surface area contributed by atoms with Gasteiger partial charge in [0.15, 0.2) is 0 Å². The first-order chi connectivity index (χ1) is 19.0. The number of nitrogens with one attached hydrogen (secondary N) is 2. The Kier molecular flexibility index (Phi) is 9.52. The molecule has 200 valence electrons. The maximum Gasteiger partial charge on any atom is 0.252 e. The van der Waals surface area contributed by atoms with E-state index in [-0.39, 0.29) is 12.2 Å². The van der Waals surface area contributed by atoms with E-state index in [1.54, 1.807) is 42.5 Å². The highest BCUT2D eigenvalue weighted by Gasteiger charge is 2.23. The number of anilines is 1. The van der Waals surface area contributed by atoms with Gasteiger partial charge in [-0.05, 0) is 54.1 Å². The minimum atomic E-state index is -0.973. The molecule has 2 amide bonds. The molecule has 0 saturated carbocycles. The van der Waals surface area contributed by atoms with Crippen molar-refractivity contribution in [3.05, 3.63) is 114 Å². The van der Waals surface area contributed by atoms with E-state index < -0.39 is 17.9 Å². The minimum absolute atomic E-state index is 0.0389. The summed E-state index contributed by atoms with van der Waals surface area (Å²) >= 11 is 0. The lowest BCUT2D eigenvalue weighted by atomic mass is 10.1. The summed E-state index contributed by atoms with van der Waals surface area (Å²) in [6.45, 7) is 0.252. The summed E-state index contributed by atoms with van der Waals surface area (Å²) in [6.07, 6.45) is 0. The third-order valence-electron chi connectivity index (χ3n) is 5.73. The molecule has 1 unspecified atom stereocenters. The largest absolute Gasteiger partial charge is 0.497 e. The van der Waals surface area contributed by atoms with Crippen LogP contribution in [0.3, 0.4) is 0 Å². The topological polar surface area (TPSA) is 95.1 Å². The van der Waals surface area contributed by atoms with E-state index in [9.17, 15) is 9.59 Å². The van der Waals surface area contributed by atoms with Crippen LogP contribution in [0.2, 0.25) is 0 Å². The maximum absolute atomic E-state index is 13.3. The Morgan fingerprint density at radius 1 is 0.718 bits per heavy atom. The number of carbonyl (C=O) groups is 2. The number of para-hydroxylation sites is 1. The van der Waals surface area contributed by atoms with Crippen LogP contribution < -0.4 is 24.8 Å². The molecule has 4 aromatic carbocycles. The van der Waals surface area contributed by atoms with Crippen molar-refractivity contribution in [2.75, 3.05) is 26.1 Å². The van der Waals surface area contributed by atoms with Gasteiger partial charge < -0.3 is 29.6 Å². The van der Waals surface area contributed by atoms with E-state index in [0.29, 0.717) is 35.3 Å². The highest BCUT2D eigenvalue weighted by Crippen LogP contribution is 2.24. The molecule has 4 aromatic rings. The monoisotopic (exact) mass is 526 g/mol. The van der Waals surface area contributed by atoms with Gasteiger partial charge >= 0.3 is 0 Å². The molecular weight excluding hydrogens is 496 g/mol. The number of rotatable bonds is 12. The summed E-state index contributed by atoms with van der Waals surface area (Å²) in [5, 5.41) is 5.62. The summed E-state index contributed by atoms with van der Waals surface area (Å²) in [7, 11) is 3.00. The average molecular weight is 527 g/mol. The fourth-order valence-electron chi connectivity index (χ4n) is 3.69. The number of methoxy groups -OCH3 is 2. The second-order valence-corrected chi connectivity index (χ2v) is 8.56. The Morgan fingerprint density at radius 3 is 1.92 bits per heavy atom. The van der Waals surface area contributed by atoms with Gasteiger partial charge in [0.05, 0.1) is 27.4 Å². The van der Waals surface area contributed by atoms with E-state index in [1.807, 2.05) is 60.7 Å². The lowest BCUT2D eigenvalue weighted by molar-refractivity contribution is -0.119. The zero-order valence-electron chi connectivity index (χ0n) is 21.8. The van der Waals surface area contributed by atoms with Crippen molar-refractivity contribution in [3.8, 4) is 23.0 Å². The smallest absolute Gasteiger partial charge is 0.252 e. The van der Waals surface area contributed by atoms with Gasteiger partial charge in [-0.1, -0.05) is 48.5 Å². The molecule has 0 radical (unpaired) electrons. The van der Waals surface area contributed by atoms with Gasteiger partial charge in [0.1, 0.15) is 29.0 Å². The van der Waals surface area contributed by atoms with E-state index in [2.05, 4.69) is 10.6 Å². The summed E-state index contributed by atoms with van der Waals surface area (Å²) in [6, 6.07) is 29.8. The standard InChI is InChI=1S/C31H30N2O6/c1-36-27-17-23(18-28(19-27)37-2)30(34)33-29(21-38-20-22-9-5-3-6-10-22)31(35)32-24-13-15-26(16-14-24)39-25-11-7-4-8-12-25/h3-19,29H,20-21H2,1-2H3,(H,32,35)(H,33,34). The van der Waals surface area contributed by atoms with Crippen molar-refractivity contribution in [2.45, 2.75) is 12.6 Å². The summed E-state index contributed by atoms with van der Waals surface area (Å²) in [5.41, 5.74) is 1.79. The van der Waals surface area contributed by atoms with E-state index >= 15 is 0 Å². The Labute approximate surface area is 227 Å². The fourth-order valence-corrected chi connectivity index (χ4v) is 3.69. The van der Waals surface area contributed by atoms with E-state index in [4.69, 9.17) is 18.9 Å². The maximum atomic E-state index is 13.3. The van der Waals surface area contributed by atoms with Gasteiger partial charge in [-0.2, -0.15) is 0 Å². The molecule has 0 spiro atoms. The van der Waals surface area contributed by atoms with Crippen molar-refractivity contribution in [1.82, 2.24) is 5.32 Å². The number of amides is 2. The van der Waals surface area contributed by atoms with Crippen LogP contribution >= 0.6 is 0 Å². The molecule has 0 fully saturated rings. The predicted molar refractivity (Wildman–Crippen MR) is 148 cm³/mol. The Bertz CT molecular complexity index is 1340. The lowest BCUT2D eigenvalue weighted by Crippen LogP contribution is -2.46. The first-order valence-corrected chi connectivity index (χ1v) is 12.3. The number of hydrogen-bond acceptors (Lipinski definition) is 6. The van der Waals surface area contributed by atoms with Gasteiger partial charge in [0.2, 0.25) is 5.91 Å². The first-order valence-electron chi connectivity index (χ1n) is 12.3. The highest BCUT2D eigenvalue weighted by molar-refractivity contribution is 6.01. The number of ether oxygens (including phenoxy) is 4. The molecule has 0 heterocycles. The molecule has 0 bridgehead atoms. The molecule has 8 nitrogen and oxygen atoms in total. The third-order valence-corrected chi connectivity index (χ3v) is 5.73. The van der Waals surface area contributed by atoms with Crippen molar-refractivity contribution in [2.24, 2.45) is 0 Å². The van der Waals surface area contributed by atoms with Crippen molar-refractivity contribution in [3.63, 3.8) is 0 Å². The fraction of sp³-hybridized carbons (Fsp3) is 0.161. The van der Waals surface area contributed by atoms with Gasteiger partial charge in [-0.25, -0.2) is 0 Å². The first kappa shape index (κ1) is 27.2. The Balaban J connectivity index is 1.45. The van der Waals surface area contributed by atoms with Crippen molar-refractivity contribution < 1.29 is 28.5 Å². The molecule has 0 aliphatic carbocycles. The molecular formula is C31H30N2O6. The van der Waals surface area contributed by atoms with Crippen LogP contribution in [0.4, 0.5) is 5.69 Å². The molecule has 0 saturated heterocycles. The van der Waals surface area contributed by atoms with Gasteiger partial charge in [-0.15, -0.1) is 0 Å². The lowest BCUT2D eigenvalue weighted by Gasteiger charge is -2.19. The van der Waals surface area contributed by atoms with Gasteiger partial charge in [0.25, 0.3) is 5.91 Å². The zero-order valence-corrected chi connectivity index (χ0v) is 21.8. The molecule has 0 aromatic heterocycles. The zero-order chi connectivity index (χ0) is 27.5. The molecule has 0 aliphatic rings. The summed E-state index contributed by atoms with van der Waals surface area (Å²) < 4.78 is 22.1. The molecule has 4 rings (SSSR count). The molecule has 8 heteroatoms. The van der Waals surface area contributed by atoms with Crippen LogP contribution in [0.1, 0.15) is 15.9 Å². The molecule has 0 aliphatic heterocycles. The minimum Gasteiger partial charge on any atom is -0.497 e. The SMILES string of the molecule is COc1cc(OC)cc(C(=O)NC(COCc2ccccc2)C(=O)Nc2ccc(Oc3ccccc3)cc2)c1. The van der Waals surface area contributed by atoms with Crippen LogP contribution in [0.25, 0.3) is 0 Å². The quantitative estimate of drug-likeness (QED) is 0.255. The number of carbonyl (C=O) groups excluding carboxylic acids is 2. The van der Waals surface area contributed by atoms with Crippen LogP contribution in [0.15, 0.2) is 103 Å². The van der Waals surface area contributed by atoms with Gasteiger partial charge in [-0.3, -0.25) is 9.59 Å².